The Bertz CT molecular complexity index is 438. The Hall–Kier alpha value is -1.97. The van der Waals surface area contributed by atoms with E-state index in [4.69, 9.17) is 0 Å². The van der Waals surface area contributed by atoms with Crippen molar-refractivity contribution in [2.75, 3.05) is 5.32 Å². The van der Waals surface area contributed by atoms with Crippen molar-refractivity contribution in [2.24, 2.45) is 0 Å². The summed E-state index contributed by atoms with van der Waals surface area (Å²) in [6, 6.07) is 6.54. The molecule has 84 valence electrons. The molecule has 0 aliphatic heterocycles. The van der Waals surface area contributed by atoms with Gasteiger partial charge in [0.15, 0.2) is 5.78 Å². The zero-order chi connectivity index (χ0) is 12.1. The van der Waals surface area contributed by atoms with Gasteiger partial charge in [-0.1, -0.05) is 12.1 Å². The van der Waals surface area contributed by atoms with Crippen molar-refractivity contribution in [3.63, 3.8) is 0 Å². The van der Waals surface area contributed by atoms with Crippen molar-refractivity contribution in [3.05, 3.63) is 29.8 Å². The largest absolute Gasteiger partial charge is 0.326 e. The summed E-state index contributed by atoms with van der Waals surface area (Å²) in [7, 11) is 0. The maximum atomic E-state index is 11.6. The summed E-state index contributed by atoms with van der Waals surface area (Å²) >= 11 is 0. The minimum absolute atomic E-state index is 0.108. The molecule has 1 rings (SSSR count). The molecule has 0 aliphatic rings. The third-order valence-electron chi connectivity index (χ3n) is 1.91. The van der Waals surface area contributed by atoms with Crippen molar-refractivity contribution in [3.8, 4) is 0 Å². The van der Waals surface area contributed by atoms with Crippen LogP contribution in [0.5, 0.6) is 0 Å². The van der Waals surface area contributed by atoms with E-state index in [1.807, 2.05) is 0 Å². The van der Waals surface area contributed by atoms with Gasteiger partial charge in [0, 0.05) is 18.2 Å². The van der Waals surface area contributed by atoms with Crippen LogP contribution in [0.4, 0.5) is 5.69 Å². The van der Waals surface area contributed by atoms with E-state index in [9.17, 15) is 14.4 Å². The number of anilines is 1. The molecule has 1 N–H and O–H groups in total. The van der Waals surface area contributed by atoms with Gasteiger partial charge in [-0.2, -0.15) is 0 Å². The van der Waals surface area contributed by atoms with E-state index in [-0.39, 0.29) is 23.9 Å². The summed E-state index contributed by atoms with van der Waals surface area (Å²) in [5, 5.41) is 2.58. The van der Waals surface area contributed by atoms with Gasteiger partial charge in [-0.05, 0) is 19.1 Å². The number of hydrogen-bond acceptors (Lipinski definition) is 3. The highest BCUT2D eigenvalue weighted by Crippen LogP contribution is 2.12. The van der Waals surface area contributed by atoms with E-state index < -0.39 is 0 Å². The maximum Gasteiger partial charge on any atom is 0.221 e. The first-order valence-electron chi connectivity index (χ1n) is 4.89. The van der Waals surface area contributed by atoms with Crippen molar-refractivity contribution < 1.29 is 14.4 Å². The second-order valence-electron chi connectivity index (χ2n) is 3.56. The first-order valence-corrected chi connectivity index (χ1v) is 4.89. The van der Waals surface area contributed by atoms with E-state index in [1.165, 1.54) is 13.8 Å². The number of amides is 1. The minimum Gasteiger partial charge on any atom is -0.326 e. The first kappa shape index (κ1) is 12.1. The lowest BCUT2D eigenvalue weighted by molar-refractivity contribution is -0.116. The Labute approximate surface area is 93.7 Å². The molecule has 0 heterocycles. The predicted molar refractivity (Wildman–Crippen MR) is 60.4 cm³/mol. The van der Waals surface area contributed by atoms with Gasteiger partial charge >= 0.3 is 0 Å². The van der Waals surface area contributed by atoms with Crippen molar-refractivity contribution in [2.45, 2.75) is 20.3 Å². The van der Waals surface area contributed by atoms with Gasteiger partial charge in [0.2, 0.25) is 5.91 Å². The Kier molecular flexibility index (Phi) is 3.94. The van der Waals surface area contributed by atoms with Crippen LogP contribution in [-0.4, -0.2) is 17.5 Å². The number of carbonyl (C=O) groups excluding carboxylic acids is 3. The van der Waals surface area contributed by atoms with E-state index in [2.05, 4.69) is 5.32 Å². The Morgan fingerprint density at radius 3 is 2.44 bits per heavy atom. The molecule has 0 aliphatic carbocycles. The molecule has 0 saturated carbocycles. The predicted octanol–water partition coefficient (Wildman–Crippen LogP) is 1.81. The van der Waals surface area contributed by atoms with Crippen LogP contribution in [0.1, 0.15) is 30.6 Å². The van der Waals surface area contributed by atoms with Crippen LogP contribution in [-0.2, 0) is 9.59 Å². The van der Waals surface area contributed by atoms with E-state index in [0.717, 1.165) is 0 Å². The smallest absolute Gasteiger partial charge is 0.221 e. The Balaban J connectivity index is 2.85. The number of ketones is 2. The molecule has 4 nitrogen and oxygen atoms in total. The van der Waals surface area contributed by atoms with E-state index in [0.29, 0.717) is 11.3 Å². The number of rotatable bonds is 4. The molecular formula is C12H13NO3. The van der Waals surface area contributed by atoms with Gasteiger partial charge in [-0.25, -0.2) is 0 Å². The normalized spacial score (nSPS) is 9.62. The second-order valence-corrected chi connectivity index (χ2v) is 3.56. The molecule has 0 unspecified atom stereocenters. The monoisotopic (exact) mass is 219 g/mol. The van der Waals surface area contributed by atoms with Crippen LogP contribution in [0, 0.1) is 0 Å². The van der Waals surface area contributed by atoms with E-state index in [1.54, 1.807) is 24.3 Å². The Morgan fingerprint density at radius 2 is 1.88 bits per heavy atom. The molecule has 16 heavy (non-hydrogen) atoms. The van der Waals surface area contributed by atoms with Crippen LogP contribution in [0.15, 0.2) is 24.3 Å². The standard InChI is InChI=1S/C12H13NO3/c1-8(14)6-12(16)10-4-3-5-11(7-10)13-9(2)15/h3-5,7H,6H2,1-2H3,(H,13,15). The minimum atomic E-state index is -0.236. The molecule has 0 spiro atoms. The number of carbonyl (C=O) groups is 3. The maximum absolute atomic E-state index is 11.6. The third-order valence-corrected chi connectivity index (χ3v) is 1.91. The van der Waals surface area contributed by atoms with Crippen LogP contribution >= 0.6 is 0 Å². The summed E-state index contributed by atoms with van der Waals surface area (Å²) in [4.78, 5) is 33.2. The molecule has 1 aromatic rings. The zero-order valence-corrected chi connectivity index (χ0v) is 9.24. The Morgan fingerprint density at radius 1 is 1.19 bits per heavy atom. The van der Waals surface area contributed by atoms with Gasteiger partial charge in [0.25, 0.3) is 0 Å². The number of nitrogens with one attached hydrogen (secondary N) is 1. The van der Waals surface area contributed by atoms with Gasteiger partial charge in [-0.3, -0.25) is 14.4 Å². The van der Waals surface area contributed by atoms with Crippen molar-refractivity contribution >= 4 is 23.2 Å². The lowest BCUT2D eigenvalue weighted by atomic mass is 10.1. The molecule has 1 aromatic carbocycles. The number of benzene rings is 1. The molecular weight excluding hydrogens is 206 g/mol. The van der Waals surface area contributed by atoms with Gasteiger partial charge in [-0.15, -0.1) is 0 Å². The third kappa shape index (κ3) is 3.65. The van der Waals surface area contributed by atoms with Crippen LogP contribution in [0.2, 0.25) is 0 Å². The highest BCUT2D eigenvalue weighted by molar-refractivity contribution is 6.08. The molecule has 0 fully saturated rings. The average molecular weight is 219 g/mol. The van der Waals surface area contributed by atoms with Crippen molar-refractivity contribution in [1.82, 2.24) is 0 Å². The second kappa shape index (κ2) is 5.21. The van der Waals surface area contributed by atoms with Gasteiger partial charge in [0.05, 0.1) is 6.42 Å². The van der Waals surface area contributed by atoms with Crippen LogP contribution in [0.3, 0.4) is 0 Å². The molecule has 0 aromatic heterocycles. The summed E-state index contributed by atoms with van der Waals surface area (Å²) in [5.74, 6) is -0.606. The summed E-state index contributed by atoms with van der Waals surface area (Å²) in [6.45, 7) is 2.76. The lowest BCUT2D eigenvalue weighted by Crippen LogP contribution is -2.08. The van der Waals surface area contributed by atoms with Gasteiger partial charge in [0.1, 0.15) is 5.78 Å². The fourth-order valence-corrected chi connectivity index (χ4v) is 1.30. The molecule has 0 bridgehead atoms. The topological polar surface area (TPSA) is 63.2 Å². The number of hydrogen-bond donors (Lipinski definition) is 1. The fraction of sp³-hybridized carbons (Fsp3) is 0.250. The summed E-state index contributed by atoms with van der Waals surface area (Å²) in [5.41, 5.74) is 0.989. The fourth-order valence-electron chi connectivity index (χ4n) is 1.30. The molecule has 0 saturated heterocycles. The highest BCUT2D eigenvalue weighted by atomic mass is 16.2. The van der Waals surface area contributed by atoms with Gasteiger partial charge < -0.3 is 5.32 Å². The number of Topliss-reactive ketones (excluding diaryl/α,β-unsaturated/α-hetero) is 2. The van der Waals surface area contributed by atoms with Crippen LogP contribution in [0.25, 0.3) is 0 Å². The first-order chi connectivity index (χ1) is 7.49. The lowest BCUT2D eigenvalue weighted by Gasteiger charge is -2.04. The molecule has 1 amide bonds. The zero-order valence-electron chi connectivity index (χ0n) is 9.24. The average Bonchev–Trinajstić information content (AvgIpc) is 2.16. The highest BCUT2D eigenvalue weighted by Gasteiger charge is 2.09. The van der Waals surface area contributed by atoms with Crippen LogP contribution < -0.4 is 5.32 Å². The van der Waals surface area contributed by atoms with Crippen molar-refractivity contribution in [1.29, 1.82) is 0 Å². The summed E-state index contributed by atoms with van der Waals surface area (Å²) < 4.78 is 0. The molecule has 4 heteroatoms. The molecule has 0 radical (unpaired) electrons. The van der Waals surface area contributed by atoms with E-state index >= 15 is 0 Å². The SMILES string of the molecule is CC(=O)CC(=O)c1cccc(NC(C)=O)c1. The summed E-state index contributed by atoms with van der Waals surface area (Å²) in [6.07, 6.45) is -0.108. The molecule has 0 atom stereocenters. The quantitative estimate of drug-likeness (QED) is 0.620.